The van der Waals surface area contributed by atoms with Crippen LogP contribution in [0.25, 0.3) is 0 Å². The van der Waals surface area contributed by atoms with E-state index < -0.39 is 0 Å². The quantitative estimate of drug-likeness (QED) is 0.689. The molecular weight excluding hydrogens is 150 g/mol. The fourth-order valence-corrected chi connectivity index (χ4v) is 1.25. The monoisotopic (exact) mass is 165 g/mol. The number of nitrogens with two attached hydrogens (primary N) is 1. The molecule has 12 heavy (non-hydrogen) atoms. The average Bonchev–Trinajstić information content (AvgIpc) is 2.06. The van der Waals surface area contributed by atoms with Crippen molar-refractivity contribution in [3.63, 3.8) is 0 Å². The fraction of sp³-hybridized carbons (Fsp3) is 0.500. The molecular formula is C10H15NO. The summed E-state index contributed by atoms with van der Waals surface area (Å²) in [6, 6.07) is -0.303. The van der Waals surface area contributed by atoms with Gasteiger partial charge in [0.2, 0.25) is 0 Å². The predicted octanol–water partition coefficient (Wildman–Crippen LogP) is 1.57. The molecule has 0 amide bonds. The second-order valence-electron chi connectivity index (χ2n) is 3.21. The Labute approximate surface area is 73.1 Å². The maximum Gasteiger partial charge on any atom is 0.146 e. The van der Waals surface area contributed by atoms with E-state index in [1.54, 1.807) is 6.92 Å². The molecule has 0 aliphatic heterocycles. The molecule has 1 aliphatic rings. The van der Waals surface area contributed by atoms with Crippen molar-refractivity contribution in [3.05, 3.63) is 23.8 Å². The normalized spacial score (nSPS) is 18.7. The highest BCUT2D eigenvalue weighted by Crippen LogP contribution is 2.16. The van der Waals surface area contributed by atoms with Crippen molar-refractivity contribution in [2.75, 3.05) is 0 Å². The van der Waals surface area contributed by atoms with Crippen LogP contribution in [0, 0.1) is 0 Å². The van der Waals surface area contributed by atoms with Crippen LogP contribution in [0.15, 0.2) is 23.8 Å². The molecule has 0 spiro atoms. The van der Waals surface area contributed by atoms with E-state index in [1.165, 1.54) is 5.57 Å². The minimum Gasteiger partial charge on any atom is -0.321 e. The van der Waals surface area contributed by atoms with Gasteiger partial charge in [0.15, 0.2) is 0 Å². The first-order valence-corrected chi connectivity index (χ1v) is 4.31. The zero-order valence-electron chi connectivity index (χ0n) is 7.42. The average molecular weight is 165 g/mol. The van der Waals surface area contributed by atoms with E-state index in [2.05, 4.69) is 12.2 Å². The number of carbonyl (C=O) groups is 1. The lowest BCUT2D eigenvalue weighted by Gasteiger charge is -2.12. The number of rotatable bonds is 3. The van der Waals surface area contributed by atoms with E-state index in [1.807, 2.05) is 6.08 Å². The van der Waals surface area contributed by atoms with Gasteiger partial charge < -0.3 is 5.73 Å². The highest BCUT2D eigenvalue weighted by atomic mass is 16.1. The molecule has 0 aromatic rings. The van der Waals surface area contributed by atoms with Crippen LogP contribution in [0.2, 0.25) is 0 Å². The Morgan fingerprint density at radius 1 is 1.75 bits per heavy atom. The van der Waals surface area contributed by atoms with Crippen LogP contribution in [0.1, 0.15) is 26.2 Å². The molecule has 0 heterocycles. The summed E-state index contributed by atoms with van der Waals surface area (Å²) in [5.41, 5.74) is 6.92. The van der Waals surface area contributed by atoms with Crippen LogP contribution in [0.5, 0.6) is 0 Å². The number of ketones is 1. The van der Waals surface area contributed by atoms with Gasteiger partial charge in [-0.15, -0.1) is 0 Å². The Morgan fingerprint density at radius 2 is 2.50 bits per heavy atom. The number of allylic oxidation sites excluding steroid dienone is 3. The van der Waals surface area contributed by atoms with E-state index in [0.29, 0.717) is 0 Å². The molecule has 2 heteroatoms. The van der Waals surface area contributed by atoms with Gasteiger partial charge >= 0.3 is 0 Å². The number of hydrogen-bond acceptors (Lipinski definition) is 2. The molecule has 0 bridgehead atoms. The van der Waals surface area contributed by atoms with Gasteiger partial charge in [0.1, 0.15) is 5.78 Å². The first-order valence-electron chi connectivity index (χ1n) is 4.31. The first kappa shape index (κ1) is 9.20. The van der Waals surface area contributed by atoms with Crippen molar-refractivity contribution in [2.24, 2.45) is 5.73 Å². The van der Waals surface area contributed by atoms with Crippen molar-refractivity contribution < 1.29 is 4.79 Å². The Morgan fingerprint density at radius 3 is 3.00 bits per heavy atom. The van der Waals surface area contributed by atoms with Crippen molar-refractivity contribution in [3.8, 4) is 0 Å². The second-order valence-corrected chi connectivity index (χ2v) is 3.21. The number of Topliss-reactive ketones (excluding diaryl/α,β-unsaturated/α-hetero) is 1. The molecule has 1 aliphatic carbocycles. The van der Waals surface area contributed by atoms with Crippen LogP contribution in [0.3, 0.4) is 0 Å². The van der Waals surface area contributed by atoms with Crippen LogP contribution < -0.4 is 5.73 Å². The molecule has 1 unspecified atom stereocenters. The van der Waals surface area contributed by atoms with Crippen LogP contribution in [0.4, 0.5) is 0 Å². The highest BCUT2D eigenvalue weighted by molar-refractivity contribution is 5.81. The topological polar surface area (TPSA) is 43.1 Å². The van der Waals surface area contributed by atoms with Gasteiger partial charge in [0, 0.05) is 0 Å². The first-order chi connectivity index (χ1) is 5.70. The van der Waals surface area contributed by atoms with Gasteiger partial charge in [-0.1, -0.05) is 23.8 Å². The van der Waals surface area contributed by atoms with Gasteiger partial charge in [-0.25, -0.2) is 0 Å². The lowest BCUT2D eigenvalue weighted by atomic mass is 9.97. The molecule has 2 N–H and O–H groups in total. The summed E-state index contributed by atoms with van der Waals surface area (Å²) in [6.45, 7) is 1.55. The molecule has 0 aromatic carbocycles. The third-order valence-electron chi connectivity index (χ3n) is 2.10. The lowest BCUT2D eigenvalue weighted by Crippen LogP contribution is -2.28. The van der Waals surface area contributed by atoms with Crippen LogP contribution >= 0.6 is 0 Å². The molecule has 66 valence electrons. The smallest absolute Gasteiger partial charge is 0.146 e. The van der Waals surface area contributed by atoms with Gasteiger partial charge in [-0.05, 0) is 26.2 Å². The van der Waals surface area contributed by atoms with Crippen molar-refractivity contribution in [1.82, 2.24) is 0 Å². The largest absolute Gasteiger partial charge is 0.321 e. The Balaban J connectivity index is 2.45. The van der Waals surface area contributed by atoms with Gasteiger partial charge in [0.25, 0.3) is 0 Å². The number of carbonyl (C=O) groups excluding carboxylic acids is 1. The minimum atomic E-state index is -0.303. The molecule has 0 fully saturated rings. The summed E-state index contributed by atoms with van der Waals surface area (Å²) in [5.74, 6) is 0.0745. The van der Waals surface area contributed by atoms with E-state index >= 15 is 0 Å². The predicted molar refractivity (Wildman–Crippen MR) is 49.7 cm³/mol. The second kappa shape index (κ2) is 4.21. The molecule has 0 aromatic heterocycles. The summed E-state index contributed by atoms with van der Waals surface area (Å²) < 4.78 is 0. The maximum absolute atomic E-state index is 10.8. The van der Waals surface area contributed by atoms with E-state index in [0.717, 1.165) is 19.3 Å². The Bertz CT molecular complexity index is 228. The third-order valence-corrected chi connectivity index (χ3v) is 2.10. The van der Waals surface area contributed by atoms with Crippen molar-refractivity contribution >= 4 is 5.78 Å². The standard InChI is InChI=1S/C10H15NO/c1-8(12)10(11)7-9-5-3-2-4-6-9/h2-3,5,10H,4,6-7,11H2,1H3. The van der Waals surface area contributed by atoms with Gasteiger partial charge in [0.05, 0.1) is 6.04 Å². The molecule has 1 rings (SSSR count). The van der Waals surface area contributed by atoms with Gasteiger partial charge in [-0.3, -0.25) is 4.79 Å². The molecule has 2 nitrogen and oxygen atoms in total. The summed E-state index contributed by atoms with van der Waals surface area (Å²) in [4.78, 5) is 10.8. The maximum atomic E-state index is 10.8. The number of hydrogen-bond donors (Lipinski definition) is 1. The van der Waals surface area contributed by atoms with E-state index in [4.69, 9.17) is 5.73 Å². The lowest BCUT2D eigenvalue weighted by molar-refractivity contribution is -0.118. The van der Waals surface area contributed by atoms with Crippen molar-refractivity contribution in [2.45, 2.75) is 32.2 Å². The fourth-order valence-electron chi connectivity index (χ4n) is 1.25. The molecule has 0 saturated heterocycles. The van der Waals surface area contributed by atoms with E-state index in [-0.39, 0.29) is 11.8 Å². The third kappa shape index (κ3) is 2.62. The highest BCUT2D eigenvalue weighted by Gasteiger charge is 2.10. The minimum absolute atomic E-state index is 0.0745. The van der Waals surface area contributed by atoms with Crippen molar-refractivity contribution in [1.29, 1.82) is 0 Å². The molecule has 0 saturated carbocycles. The molecule has 0 radical (unpaired) electrons. The summed E-state index contributed by atoms with van der Waals surface area (Å²) in [7, 11) is 0. The van der Waals surface area contributed by atoms with Crippen LogP contribution in [-0.4, -0.2) is 11.8 Å². The zero-order chi connectivity index (χ0) is 8.97. The van der Waals surface area contributed by atoms with Crippen LogP contribution in [-0.2, 0) is 4.79 Å². The Hall–Kier alpha value is -0.890. The summed E-state index contributed by atoms with van der Waals surface area (Å²) in [5, 5.41) is 0. The zero-order valence-corrected chi connectivity index (χ0v) is 7.42. The van der Waals surface area contributed by atoms with E-state index in [9.17, 15) is 4.79 Å². The summed E-state index contributed by atoms with van der Waals surface area (Å²) >= 11 is 0. The molecule has 1 atom stereocenters. The SMILES string of the molecule is CC(=O)C(N)CC1=CC=CCC1. The summed E-state index contributed by atoms with van der Waals surface area (Å²) in [6.07, 6.45) is 9.08. The van der Waals surface area contributed by atoms with Gasteiger partial charge in [-0.2, -0.15) is 0 Å². The Kier molecular flexibility index (Phi) is 3.23.